The quantitative estimate of drug-likeness (QED) is 0.308. The summed E-state index contributed by atoms with van der Waals surface area (Å²) in [5.41, 5.74) is -2.95. The molecule has 0 aliphatic carbocycles. The molecule has 0 aliphatic rings. The van der Waals surface area contributed by atoms with Gasteiger partial charge in [-0.05, 0) is 18.6 Å². The van der Waals surface area contributed by atoms with Crippen molar-refractivity contribution in [3.63, 3.8) is 0 Å². The van der Waals surface area contributed by atoms with Gasteiger partial charge in [0.1, 0.15) is 0 Å². The fourth-order valence-electron chi connectivity index (χ4n) is 2.50. The van der Waals surface area contributed by atoms with Crippen LogP contribution in [0.25, 0.3) is 0 Å². The second-order valence-corrected chi connectivity index (χ2v) is 7.45. The SMILES string of the molecule is COC(C)(CC(F)(F)C(F)(F)C(F)(F)C(F)(F)C(F)(F)C(F)(F)F)c1ccccc1Br. The van der Waals surface area contributed by atoms with Crippen LogP contribution in [-0.2, 0) is 10.3 Å². The van der Waals surface area contributed by atoms with Crippen LogP contribution in [0.1, 0.15) is 18.9 Å². The highest BCUT2D eigenvalue weighted by Gasteiger charge is 2.90. The summed E-state index contributed by atoms with van der Waals surface area (Å²) in [6, 6.07) is 4.70. The standard InChI is InChI=1S/C16H12BrF13O/c1-10(31-2,8-5-3-4-6-9(8)17)7-11(18,19)12(20,21)13(22,23)14(24,25)15(26,27)16(28,29)30/h3-6H,7H2,1-2H3. The summed E-state index contributed by atoms with van der Waals surface area (Å²) in [4.78, 5) is 0. The fourth-order valence-corrected chi connectivity index (χ4v) is 3.21. The Bertz CT molecular complexity index is 790. The average Bonchev–Trinajstić information content (AvgIpc) is 2.59. The minimum atomic E-state index is -7.93. The van der Waals surface area contributed by atoms with Gasteiger partial charge in [0.2, 0.25) is 0 Å². The molecule has 0 fully saturated rings. The molecule has 1 aromatic carbocycles. The number of hydrogen-bond donors (Lipinski definition) is 0. The lowest BCUT2D eigenvalue weighted by molar-refractivity contribution is -0.441. The van der Waals surface area contributed by atoms with E-state index in [-0.39, 0.29) is 10.0 Å². The summed E-state index contributed by atoms with van der Waals surface area (Å²) in [6.45, 7) is 0.664. The highest BCUT2D eigenvalue weighted by Crippen LogP contribution is 2.61. The first-order valence-corrected chi connectivity index (χ1v) is 8.59. The van der Waals surface area contributed by atoms with Crippen LogP contribution in [0.4, 0.5) is 57.1 Å². The van der Waals surface area contributed by atoms with E-state index in [4.69, 9.17) is 0 Å². The van der Waals surface area contributed by atoms with Gasteiger partial charge in [0.15, 0.2) is 0 Å². The Morgan fingerprint density at radius 3 is 1.52 bits per heavy atom. The minimum Gasteiger partial charge on any atom is -0.374 e. The summed E-state index contributed by atoms with van der Waals surface area (Å²) in [6.07, 6.45) is -9.93. The van der Waals surface area contributed by atoms with Crippen molar-refractivity contribution in [1.82, 2.24) is 0 Å². The summed E-state index contributed by atoms with van der Waals surface area (Å²) >= 11 is 2.85. The third-order valence-corrected chi connectivity index (χ3v) is 5.14. The lowest BCUT2D eigenvalue weighted by Crippen LogP contribution is -2.70. The summed E-state index contributed by atoms with van der Waals surface area (Å²) in [5, 5.41) is 0. The van der Waals surface area contributed by atoms with Crippen molar-refractivity contribution in [3.05, 3.63) is 34.3 Å². The average molecular weight is 547 g/mol. The first-order chi connectivity index (χ1) is 13.5. The van der Waals surface area contributed by atoms with E-state index < -0.39 is 47.8 Å². The number of hydrogen-bond acceptors (Lipinski definition) is 1. The lowest BCUT2D eigenvalue weighted by atomic mass is 9.84. The predicted octanol–water partition coefficient (Wildman–Crippen LogP) is 7.44. The molecule has 0 saturated carbocycles. The van der Waals surface area contributed by atoms with Gasteiger partial charge in [-0.15, -0.1) is 0 Å². The Kier molecular flexibility index (Phi) is 7.13. The first kappa shape index (κ1) is 27.8. The molecular weight excluding hydrogens is 535 g/mol. The zero-order valence-electron chi connectivity index (χ0n) is 15.2. The number of alkyl halides is 13. The Hall–Kier alpha value is -1.25. The Morgan fingerprint density at radius 1 is 0.710 bits per heavy atom. The van der Waals surface area contributed by atoms with E-state index in [1.807, 2.05) is 0 Å². The van der Waals surface area contributed by atoms with E-state index in [1.165, 1.54) is 18.2 Å². The highest BCUT2D eigenvalue weighted by molar-refractivity contribution is 9.10. The van der Waals surface area contributed by atoms with Gasteiger partial charge in [0, 0.05) is 11.6 Å². The van der Waals surface area contributed by atoms with E-state index in [0.29, 0.717) is 14.0 Å². The maximum atomic E-state index is 14.2. The van der Waals surface area contributed by atoms with E-state index in [0.717, 1.165) is 6.07 Å². The van der Waals surface area contributed by atoms with Gasteiger partial charge in [-0.2, -0.15) is 57.1 Å². The molecule has 1 aromatic rings. The van der Waals surface area contributed by atoms with Crippen LogP contribution in [0.5, 0.6) is 0 Å². The van der Waals surface area contributed by atoms with E-state index in [2.05, 4.69) is 20.7 Å². The van der Waals surface area contributed by atoms with Crippen LogP contribution in [0, 0.1) is 0 Å². The van der Waals surface area contributed by atoms with Crippen molar-refractivity contribution in [2.24, 2.45) is 0 Å². The van der Waals surface area contributed by atoms with Crippen molar-refractivity contribution in [2.45, 2.75) is 54.7 Å². The molecule has 1 nitrogen and oxygen atoms in total. The van der Waals surface area contributed by atoms with Crippen molar-refractivity contribution in [3.8, 4) is 0 Å². The molecule has 0 N–H and O–H groups in total. The Balaban J connectivity index is 3.54. The molecule has 0 radical (unpaired) electrons. The van der Waals surface area contributed by atoms with Crippen molar-refractivity contribution >= 4 is 15.9 Å². The molecule has 0 saturated heterocycles. The molecule has 1 unspecified atom stereocenters. The monoisotopic (exact) mass is 546 g/mol. The van der Waals surface area contributed by atoms with Crippen LogP contribution < -0.4 is 0 Å². The van der Waals surface area contributed by atoms with Gasteiger partial charge < -0.3 is 4.74 Å². The molecule has 1 atom stereocenters. The fraction of sp³-hybridized carbons (Fsp3) is 0.625. The van der Waals surface area contributed by atoms with E-state index in [1.54, 1.807) is 0 Å². The first-order valence-electron chi connectivity index (χ1n) is 7.79. The van der Waals surface area contributed by atoms with E-state index in [9.17, 15) is 57.1 Å². The van der Waals surface area contributed by atoms with E-state index >= 15 is 0 Å². The van der Waals surface area contributed by atoms with Crippen molar-refractivity contribution < 1.29 is 61.8 Å². The van der Waals surface area contributed by atoms with Gasteiger partial charge in [-0.3, -0.25) is 0 Å². The Labute approximate surface area is 174 Å². The number of halogens is 14. The second-order valence-electron chi connectivity index (χ2n) is 6.59. The van der Waals surface area contributed by atoms with Crippen molar-refractivity contribution in [2.75, 3.05) is 7.11 Å². The molecule has 0 bridgehead atoms. The predicted molar refractivity (Wildman–Crippen MR) is 83.9 cm³/mol. The van der Waals surface area contributed by atoms with Crippen LogP contribution in [0.2, 0.25) is 0 Å². The Morgan fingerprint density at radius 2 is 1.13 bits per heavy atom. The molecule has 31 heavy (non-hydrogen) atoms. The molecule has 0 aliphatic heterocycles. The molecule has 15 heteroatoms. The number of methoxy groups -OCH3 is 1. The number of rotatable bonds is 8. The lowest BCUT2D eigenvalue weighted by Gasteiger charge is -2.42. The third kappa shape index (κ3) is 4.23. The zero-order valence-corrected chi connectivity index (χ0v) is 16.8. The summed E-state index contributed by atoms with van der Waals surface area (Å²) in [7, 11) is 0.665. The number of ether oxygens (including phenoxy) is 1. The maximum absolute atomic E-state index is 14.2. The van der Waals surface area contributed by atoms with Gasteiger partial charge in [-0.1, -0.05) is 34.1 Å². The van der Waals surface area contributed by atoms with Gasteiger partial charge in [0.05, 0.1) is 12.0 Å². The third-order valence-electron chi connectivity index (χ3n) is 4.45. The van der Waals surface area contributed by atoms with Crippen LogP contribution >= 0.6 is 15.9 Å². The topological polar surface area (TPSA) is 9.23 Å². The van der Waals surface area contributed by atoms with Crippen molar-refractivity contribution in [1.29, 1.82) is 0 Å². The summed E-state index contributed by atoms with van der Waals surface area (Å²) in [5.74, 6) is -37.1. The largest absolute Gasteiger partial charge is 0.460 e. The molecule has 1 rings (SSSR count). The smallest absolute Gasteiger partial charge is 0.374 e. The molecule has 0 aromatic heterocycles. The van der Waals surface area contributed by atoms with Gasteiger partial charge in [0.25, 0.3) is 0 Å². The second kappa shape index (κ2) is 7.96. The zero-order chi connectivity index (χ0) is 24.9. The van der Waals surface area contributed by atoms with Gasteiger partial charge in [-0.25, -0.2) is 0 Å². The van der Waals surface area contributed by atoms with Crippen LogP contribution in [0.15, 0.2) is 28.7 Å². The molecule has 0 amide bonds. The minimum absolute atomic E-state index is 0.0702. The highest BCUT2D eigenvalue weighted by atomic mass is 79.9. The summed E-state index contributed by atoms with van der Waals surface area (Å²) < 4.78 is 177. The van der Waals surface area contributed by atoms with Crippen LogP contribution in [-0.4, -0.2) is 42.9 Å². The van der Waals surface area contributed by atoms with Gasteiger partial charge >= 0.3 is 35.8 Å². The molecule has 0 heterocycles. The normalized spacial score (nSPS) is 16.9. The van der Waals surface area contributed by atoms with Crippen LogP contribution in [0.3, 0.4) is 0 Å². The molecular formula is C16H12BrF13O. The maximum Gasteiger partial charge on any atom is 0.460 e. The number of benzene rings is 1. The molecule has 0 spiro atoms. The molecule has 180 valence electrons.